The van der Waals surface area contributed by atoms with Crippen LogP contribution in [0.25, 0.3) is 6.08 Å². The lowest BCUT2D eigenvalue weighted by molar-refractivity contribution is 0.546. The molecule has 0 spiro atoms. The third-order valence-electron chi connectivity index (χ3n) is 2.44. The second kappa shape index (κ2) is 3.00. The Hall–Kier alpha value is -1.09. The quantitative estimate of drug-likeness (QED) is 0.701. The third-order valence-corrected chi connectivity index (χ3v) is 2.44. The van der Waals surface area contributed by atoms with Crippen LogP contribution in [0.2, 0.25) is 0 Å². The number of nitrogens with two attached hydrogens (primary N) is 1. The van der Waals surface area contributed by atoms with E-state index in [-0.39, 0.29) is 0 Å². The number of hydrogen-bond donors (Lipinski definition) is 1. The molecule has 0 bridgehead atoms. The maximum absolute atomic E-state index is 5.70. The molecule has 13 heavy (non-hydrogen) atoms. The van der Waals surface area contributed by atoms with Crippen LogP contribution in [-0.4, -0.2) is 15.8 Å². The van der Waals surface area contributed by atoms with E-state index < -0.39 is 0 Å². The molecule has 1 aromatic rings. The minimum atomic E-state index is 0.389. The lowest BCUT2D eigenvalue weighted by Gasteiger charge is -2.25. The second-order valence-corrected chi connectivity index (χ2v) is 3.81. The van der Waals surface area contributed by atoms with Crippen molar-refractivity contribution in [3.05, 3.63) is 23.0 Å². The molecule has 70 valence electrons. The van der Waals surface area contributed by atoms with Gasteiger partial charge >= 0.3 is 0 Å². The average molecular weight is 177 g/mol. The molecule has 2 rings (SSSR count). The molecule has 1 fully saturated rings. The summed E-state index contributed by atoms with van der Waals surface area (Å²) in [5.41, 5.74) is 9.39. The van der Waals surface area contributed by atoms with Crippen LogP contribution in [0.1, 0.15) is 24.2 Å². The highest BCUT2D eigenvalue weighted by Crippen LogP contribution is 2.26. The van der Waals surface area contributed by atoms with Crippen molar-refractivity contribution in [2.24, 2.45) is 12.8 Å². The molecule has 0 aliphatic heterocycles. The van der Waals surface area contributed by atoms with Gasteiger partial charge in [-0.05, 0) is 31.9 Å². The van der Waals surface area contributed by atoms with Crippen molar-refractivity contribution >= 4 is 6.08 Å². The van der Waals surface area contributed by atoms with E-state index in [1.807, 2.05) is 18.7 Å². The van der Waals surface area contributed by atoms with Gasteiger partial charge in [-0.2, -0.15) is 5.10 Å². The number of aryl methyl sites for hydroxylation is 2. The standard InChI is InChI=1S/C10H15N3/c1-7-3-10(13(2)12-7)6-8-4-9(11)5-8/h3,6,9H,4-5,11H2,1-2H3. The largest absolute Gasteiger partial charge is 0.327 e. The van der Waals surface area contributed by atoms with Crippen LogP contribution < -0.4 is 5.73 Å². The van der Waals surface area contributed by atoms with E-state index in [0.29, 0.717) is 6.04 Å². The Morgan fingerprint density at radius 1 is 1.62 bits per heavy atom. The number of hydrogen-bond acceptors (Lipinski definition) is 2. The Kier molecular flexibility index (Phi) is 1.96. The monoisotopic (exact) mass is 177 g/mol. The predicted molar refractivity (Wildman–Crippen MR) is 53.1 cm³/mol. The molecule has 1 aliphatic rings. The summed E-state index contributed by atoms with van der Waals surface area (Å²) in [5.74, 6) is 0. The van der Waals surface area contributed by atoms with Gasteiger partial charge in [0.05, 0.1) is 11.4 Å². The Labute approximate surface area is 78.2 Å². The smallest absolute Gasteiger partial charge is 0.0608 e. The van der Waals surface area contributed by atoms with E-state index in [1.165, 1.54) is 11.3 Å². The van der Waals surface area contributed by atoms with Crippen LogP contribution in [0.15, 0.2) is 11.6 Å². The van der Waals surface area contributed by atoms with Crippen molar-refractivity contribution in [1.29, 1.82) is 0 Å². The number of nitrogens with zero attached hydrogens (tertiary/aromatic N) is 2. The van der Waals surface area contributed by atoms with Crippen LogP contribution in [0.3, 0.4) is 0 Å². The first-order chi connectivity index (χ1) is 6.15. The number of aromatic nitrogens is 2. The zero-order chi connectivity index (χ0) is 9.42. The average Bonchev–Trinajstić information content (AvgIpc) is 2.27. The minimum absolute atomic E-state index is 0.389. The zero-order valence-corrected chi connectivity index (χ0v) is 8.12. The van der Waals surface area contributed by atoms with Crippen LogP contribution in [-0.2, 0) is 7.05 Å². The summed E-state index contributed by atoms with van der Waals surface area (Å²) in [5, 5.41) is 4.28. The molecule has 1 aromatic heterocycles. The first kappa shape index (κ1) is 8.51. The van der Waals surface area contributed by atoms with Gasteiger partial charge in [0.15, 0.2) is 0 Å². The van der Waals surface area contributed by atoms with Gasteiger partial charge in [-0.15, -0.1) is 0 Å². The highest BCUT2D eigenvalue weighted by Gasteiger charge is 2.18. The molecule has 3 heteroatoms. The van der Waals surface area contributed by atoms with Crippen LogP contribution in [0.4, 0.5) is 0 Å². The predicted octanol–water partition coefficient (Wildman–Crippen LogP) is 1.23. The summed E-state index contributed by atoms with van der Waals surface area (Å²) in [6, 6.07) is 2.48. The molecule has 0 atom stereocenters. The van der Waals surface area contributed by atoms with Crippen LogP contribution >= 0.6 is 0 Å². The highest BCUT2D eigenvalue weighted by atomic mass is 15.3. The van der Waals surface area contributed by atoms with Crippen molar-refractivity contribution < 1.29 is 0 Å². The molecule has 1 aliphatic carbocycles. The summed E-state index contributed by atoms with van der Waals surface area (Å²) < 4.78 is 1.91. The Morgan fingerprint density at radius 2 is 2.31 bits per heavy atom. The molecule has 1 saturated carbocycles. The first-order valence-electron chi connectivity index (χ1n) is 4.61. The molecule has 0 radical (unpaired) electrons. The van der Waals surface area contributed by atoms with Crippen molar-refractivity contribution in [3.8, 4) is 0 Å². The molecule has 1 heterocycles. The fraction of sp³-hybridized carbons (Fsp3) is 0.500. The lowest BCUT2D eigenvalue weighted by atomic mass is 9.86. The van der Waals surface area contributed by atoms with E-state index in [1.54, 1.807) is 0 Å². The summed E-state index contributed by atoms with van der Waals surface area (Å²) in [6.45, 7) is 2.01. The van der Waals surface area contributed by atoms with Gasteiger partial charge < -0.3 is 5.73 Å². The molecule has 0 aromatic carbocycles. The van der Waals surface area contributed by atoms with Gasteiger partial charge in [0.1, 0.15) is 0 Å². The first-order valence-corrected chi connectivity index (χ1v) is 4.61. The van der Waals surface area contributed by atoms with Crippen molar-refractivity contribution in [3.63, 3.8) is 0 Å². The fourth-order valence-electron chi connectivity index (χ4n) is 1.71. The van der Waals surface area contributed by atoms with E-state index in [0.717, 1.165) is 18.5 Å². The van der Waals surface area contributed by atoms with Gasteiger partial charge in [-0.1, -0.05) is 5.57 Å². The maximum atomic E-state index is 5.70. The topological polar surface area (TPSA) is 43.8 Å². The van der Waals surface area contributed by atoms with E-state index in [9.17, 15) is 0 Å². The fourth-order valence-corrected chi connectivity index (χ4v) is 1.71. The lowest BCUT2D eigenvalue weighted by Crippen LogP contribution is -2.30. The van der Waals surface area contributed by atoms with Gasteiger partial charge in [-0.3, -0.25) is 4.68 Å². The molecule has 3 nitrogen and oxygen atoms in total. The van der Waals surface area contributed by atoms with E-state index in [4.69, 9.17) is 5.73 Å². The SMILES string of the molecule is Cc1cc(C=C2CC(N)C2)n(C)n1. The normalized spacial score (nSPS) is 21.5. The Balaban J connectivity index is 2.18. The van der Waals surface area contributed by atoms with Gasteiger partial charge in [0.25, 0.3) is 0 Å². The zero-order valence-electron chi connectivity index (χ0n) is 8.12. The van der Waals surface area contributed by atoms with Gasteiger partial charge in [0, 0.05) is 13.1 Å². The van der Waals surface area contributed by atoms with Crippen molar-refractivity contribution in [1.82, 2.24) is 9.78 Å². The van der Waals surface area contributed by atoms with Crippen molar-refractivity contribution in [2.45, 2.75) is 25.8 Å². The summed E-state index contributed by atoms with van der Waals surface area (Å²) in [4.78, 5) is 0. The second-order valence-electron chi connectivity index (χ2n) is 3.81. The summed E-state index contributed by atoms with van der Waals surface area (Å²) in [7, 11) is 1.97. The molecule has 2 N–H and O–H groups in total. The van der Waals surface area contributed by atoms with E-state index in [2.05, 4.69) is 17.2 Å². The van der Waals surface area contributed by atoms with E-state index >= 15 is 0 Å². The third kappa shape index (κ3) is 1.65. The molecule has 0 amide bonds. The van der Waals surface area contributed by atoms with Crippen LogP contribution in [0.5, 0.6) is 0 Å². The van der Waals surface area contributed by atoms with Crippen molar-refractivity contribution in [2.75, 3.05) is 0 Å². The molecule has 0 unspecified atom stereocenters. The highest BCUT2D eigenvalue weighted by molar-refractivity contribution is 5.52. The molecular formula is C10H15N3. The Morgan fingerprint density at radius 3 is 2.77 bits per heavy atom. The number of rotatable bonds is 1. The van der Waals surface area contributed by atoms with Crippen LogP contribution in [0, 0.1) is 6.92 Å². The van der Waals surface area contributed by atoms with Gasteiger partial charge in [-0.25, -0.2) is 0 Å². The van der Waals surface area contributed by atoms with Gasteiger partial charge in [0.2, 0.25) is 0 Å². The minimum Gasteiger partial charge on any atom is -0.327 e. The summed E-state index contributed by atoms with van der Waals surface area (Å²) >= 11 is 0. The molecule has 0 saturated heterocycles. The Bertz CT molecular complexity index is 341. The maximum Gasteiger partial charge on any atom is 0.0608 e. The summed E-state index contributed by atoms with van der Waals surface area (Å²) in [6.07, 6.45) is 4.29. The molecular weight excluding hydrogens is 162 g/mol.